The molecule has 0 aromatic carbocycles. The van der Waals surface area contributed by atoms with Crippen LogP contribution in [0.15, 0.2) is 0 Å². The van der Waals surface area contributed by atoms with Crippen molar-refractivity contribution in [1.82, 2.24) is 9.21 Å². The molecule has 114 valence electrons. The highest BCUT2D eigenvalue weighted by atomic mass is 32.2. The lowest BCUT2D eigenvalue weighted by Crippen LogP contribution is -2.54. The van der Waals surface area contributed by atoms with Crippen LogP contribution >= 0.6 is 0 Å². The van der Waals surface area contributed by atoms with Crippen LogP contribution in [0.3, 0.4) is 0 Å². The van der Waals surface area contributed by atoms with Gasteiger partial charge in [-0.1, -0.05) is 13.8 Å². The monoisotopic (exact) mass is 292 g/mol. The number of sulfonamides is 1. The number of rotatable bonds is 4. The number of nitrogens with zero attached hydrogens (tertiary/aromatic N) is 2. The maximum absolute atomic E-state index is 11.5. The minimum Gasteiger partial charge on any atom is -0.380 e. The third-order valence-corrected chi connectivity index (χ3v) is 5.05. The predicted molar refractivity (Wildman–Crippen MR) is 77.8 cm³/mol. The van der Waals surface area contributed by atoms with E-state index in [0.717, 1.165) is 32.6 Å². The van der Waals surface area contributed by atoms with Crippen molar-refractivity contribution in [3.63, 3.8) is 0 Å². The van der Waals surface area contributed by atoms with Crippen molar-refractivity contribution in [2.75, 3.05) is 39.1 Å². The van der Waals surface area contributed by atoms with Gasteiger partial charge in [-0.2, -0.15) is 4.31 Å². The van der Waals surface area contributed by atoms with Gasteiger partial charge in [0.2, 0.25) is 10.0 Å². The Labute approximate surface area is 118 Å². The molecule has 0 aromatic heterocycles. The average Bonchev–Trinajstić information content (AvgIpc) is 2.80. The second-order valence-corrected chi connectivity index (χ2v) is 6.89. The van der Waals surface area contributed by atoms with Crippen LogP contribution in [0.1, 0.15) is 33.6 Å². The molecule has 2 unspecified atom stereocenters. The van der Waals surface area contributed by atoms with E-state index in [4.69, 9.17) is 4.74 Å². The zero-order valence-corrected chi connectivity index (χ0v) is 13.4. The van der Waals surface area contributed by atoms with Gasteiger partial charge in [0.25, 0.3) is 0 Å². The molecular weight excluding hydrogens is 264 g/mol. The van der Waals surface area contributed by atoms with E-state index in [1.54, 1.807) is 4.31 Å². The van der Waals surface area contributed by atoms with Crippen molar-refractivity contribution < 1.29 is 13.2 Å². The maximum atomic E-state index is 11.5. The molecular formula is C13H28N2O3S. The molecule has 2 aliphatic heterocycles. The summed E-state index contributed by atoms with van der Waals surface area (Å²) in [5.41, 5.74) is 0. The van der Waals surface area contributed by atoms with Gasteiger partial charge in [0.1, 0.15) is 0 Å². The number of ether oxygens (including phenoxy) is 1. The Bertz CT molecular complexity index is 359. The minimum absolute atomic E-state index is 0.393. The van der Waals surface area contributed by atoms with Crippen LogP contribution in [-0.2, 0) is 14.8 Å². The summed E-state index contributed by atoms with van der Waals surface area (Å²) >= 11 is 0. The van der Waals surface area contributed by atoms with Gasteiger partial charge >= 0.3 is 0 Å². The Morgan fingerprint density at radius 3 is 2.47 bits per heavy atom. The Morgan fingerprint density at radius 1 is 1.21 bits per heavy atom. The van der Waals surface area contributed by atoms with Crippen molar-refractivity contribution in [3.8, 4) is 0 Å². The topological polar surface area (TPSA) is 49.9 Å². The number of piperazine rings is 1. The van der Waals surface area contributed by atoms with Crippen molar-refractivity contribution in [3.05, 3.63) is 0 Å². The normalized spacial score (nSPS) is 28.6. The maximum Gasteiger partial charge on any atom is 0.211 e. The van der Waals surface area contributed by atoms with Gasteiger partial charge in [0.05, 0.1) is 12.9 Å². The quantitative estimate of drug-likeness (QED) is 0.780. The van der Waals surface area contributed by atoms with Gasteiger partial charge in [-0.3, -0.25) is 4.90 Å². The largest absolute Gasteiger partial charge is 0.380 e. The van der Waals surface area contributed by atoms with Crippen molar-refractivity contribution in [1.29, 1.82) is 0 Å². The molecule has 0 amide bonds. The third kappa shape index (κ3) is 4.41. The second kappa shape index (κ2) is 7.57. The summed E-state index contributed by atoms with van der Waals surface area (Å²) in [5, 5.41) is 0. The molecule has 19 heavy (non-hydrogen) atoms. The Morgan fingerprint density at radius 2 is 1.89 bits per heavy atom. The summed E-state index contributed by atoms with van der Waals surface area (Å²) in [4.78, 5) is 2.43. The molecule has 0 aliphatic carbocycles. The molecule has 0 N–H and O–H groups in total. The van der Waals surface area contributed by atoms with Gasteiger partial charge in [-0.15, -0.1) is 0 Å². The fraction of sp³-hybridized carbons (Fsp3) is 1.00. The van der Waals surface area contributed by atoms with Crippen LogP contribution in [0.4, 0.5) is 0 Å². The van der Waals surface area contributed by atoms with E-state index in [0.29, 0.717) is 25.2 Å². The Hall–Kier alpha value is -0.170. The van der Waals surface area contributed by atoms with Gasteiger partial charge < -0.3 is 4.74 Å². The number of hydrogen-bond donors (Lipinski definition) is 0. The molecule has 0 radical (unpaired) electrons. The molecule has 2 fully saturated rings. The Balaban J connectivity index is 0.000000861. The van der Waals surface area contributed by atoms with Gasteiger partial charge in [0.15, 0.2) is 0 Å². The van der Waals surface area contributed by atoms with E-state index in [9.17, 15) is 8.42 Å². The van der Waals surface area contributed by atoms with Crippen molar-refractivity contribution >= 4 is 10.0 Å². The van der Waals surface area contributed by atoms with Crippen molar-refractivity contribution in [2.45, 2.75) is 45.7 Å². The minimum atomic E-state index is -3.02. The van der Waals surface area contributed by atoms with E-state index in [2.05, 4.69) is 4.90 Å². The summed E-state index contributed by atoms with van der Waals surface area (Å²) in [6.07, 6.45) is 3.52. The molecule has 0 aromatic rings. The molecule has 2 atom stereocenters. The smallest absolute Gasteiger partial charge is 0.211 e. The standard InChI is InChI=1S/C11H22N2O3S.C2H6/c1-3-16-9-11-5-4-10-8-12(17(2,14)15)6-7-13(10)11;1-2/h10-11H,3-9H2,1-2H3;1-2H3. The number of fused-ring (bicyclic) bond motifs is 1. The molecule has 0 saturated carbocycles. The van der Waals surface area contributed by atoms with Gasteiger partial charge in [-0.05, 0) is 19.8 Å². The predicted octanol–water partition coefficient (Wildman–Crippen LogP) is 1.16. The fourth-order valence-electron chi connectivity index (χ4n) is 2.86. The molecule has 6 heteroatoms. The molecule has 2 aliphatic rings. The van der Waals surface area contributed by atoms with Crippen molar-refractivity contribution in [2.24, 2.45) is 0 Å². The first-order valence-electron chi connectivity index (χ1n) is 7.31. The van der Waals surface area contributed by atoms with Crippen LogP contribution in [0.5, 0.6) is 0 Å². The summed E-state index contributed by atoms with van der Waals surface area (Å²) in [5.74, 6) is 0. The highest BCUT2D eigenvalue weighted by Gasteiger charge is 2.39. The van der Waals surface area contributed by atoms with Crippen LogP contribution in [0, 0.1) is 0 Å². The van der Waals surface area contributed by atoms with Gasteiger partial charge in [-0.25, -0.2) is 8.42 Å². The number of hydrogen-bond acceptors (Lipinski definition) is 4. The molecule has 0 spiro atoms. The average molecular weight is 292 g/mol. The SMILES string of the molecule is CC.CCOCC1CCC2CN(S(C)(=O)=O)CCN12. The lowest BCUT2D eigenvalue weighted by Gasteiger charge is -2.38. The highest BCUT2D eigenvalue weighted by molar-refractivity contribution is 7.88. The van der Waals surface area contributed by atoms with Crippen LogP contribution in [0.2, 0.25) is 0 Å². The van der Waals surface area contributed by atoms with E-state index >= 15 is 0 Å². The summed E-state index contributed by atoms with van der Waals surface area (Å²) in [6.45, 7) is 9.67. The van der Waals surface area contributed by atoms with E-state index in [-0.39, 0.29) is 0 Å². The molecule has 2 rings (SSSR count). The molecule has 2 saturated heterocycles. The van der Waals surface area contributed by atoms with Crippen LogP contribution < -0.4 is 0 Å². The highest BCUT2D eigenvalue weighted by Crippen LogP contribution is 2.28. The summed E-state index contributed by atoms with van der Waals surface area (Å²) in [7, 11) is -3.02. The lowest BCUT2D eigenvalue weighted by atomic mass is 10.2. The zero-order chi connectivity index (χ0) is 14.5. The van der Waals surface area contributed by atoms with E-state index < -0.39 is 10.0 Å². The van der Waals surface area contributed by atoms with E-state index in [1.165, 1.54) is 6.26 Å². The summed E-state index contributed by atoms with van der Waals surface area (Å²) in [6, 6.07) is 0.880. The van der Waals surface area contributed by atoms with Crippen LogP contribution in [-0.4, -0.2) is 68.8 Å². The lowest BCUT2D eigenvalue weighted by molar-refractivity contribution is 0.0516. The zero-order valence-electron chi connectivity index (χ0n) is 12.6. The second-order valence-electron chi connectivity index (χ2n) is 4.90. The first-order valence-corrected chi connectivity index (χ1v) is 9.15. The first-order chi connectivity index (χ1) is 9.02. The van der Waals surface area contributed by atoms with Gasteiger partial charge in [0, 0.05) is 38.3 Å². The fourth-order valence-corrected chi connectivity index (χ4v) is 3.72. The first kappa shape index (κ1) is 16.9. The van der Waals surface area contributed by atoms with E-state index in [1.807, 2.05) is 20.8 Å². The summed E-state index contributed by atoms with van der Waals surface area (Å²) < 4.78 is 30.1. The molecule has 2 heterocycles. The molecule has 0 bridgehead atoms. The van der Waals surface area contributed by atoms with Crippen LogP contribution in [0.25, 0.3) is 0 Å². The molecule has 5 nitrogen and oxygen atoms in total. The third-order valence-electron chi connectivity index (χ3n) is 3.78. The Kier molecular flexibility index (Phi) is 6.73.